The van der Waals surface area contributed by atoms with Gasteiger partial charge in [-0.1, -0.05) is 12.1 Å². The number of methoxy groups -OCH3 is 1. The molecule has 0 fully saturated rings. The van der Waals surface area contributed by atoms with Crippen molar-refractivity contribution in [1.29, 1.82) is 0 Å². The molecule has 0 saturated heterocycles. The lowest BCUT2D eigenvalue weighted by Crippen LogP contribution is -2.01. The second kappa shape index (κ2) is 4.85. The molecule has 0 aliphatic heterocycles. The molecule has 0 spiro atoms. The van der Waals surface area contributed by atoms with Crippen molar-refractivity contribution in [3.8, 4) is 0 Å². The SMILES string of the molecule is COC(=O)c1oc(Cn2cnc3ccccc32)cc1C. The maximum absolute atomic E-state index is 11.5. The average molecular weight is 270 g/mol. The molecule has 3 rings (SSSR count). The van der Waals surface area contributed by atoms with Gasteiger partial charge >= 0.3 is 5.97 Å². The number of nitrogens with zero attached hydrogens (tertiary/aromatic N) is 2. The van der Waals surface area contributed by atoms with Crippen LogP contribution in [0.2, 0.25) is 0 Å². The summed E-state index contributed by atoms with van der Waals surface area (Å²) in [5.41, 5.74) is 2.74. The van der Waals surface area contributed by atoms with Crippen molar-refractivity contribution in [2.24, 2.45) is 0 Å². The van der Waals surface area contributed by atoms with E-state index in [9.17, 15) is 4.79 Å². The molecule has 5 nitrogen and oxygen atoms in total. The number of esters is 1. The highest BCUT2D eigenvalue weighted by atomic mass is 16.5. The Balaban J connectivity index is 1.93. The number of rotatable bonds is 3. The van der Waals surface area contributed by atoms with Gasteiger partial charge in [-0.25, -0.2) is 9.78 Å². The molecule has 0 aliphatic carbocycles. The molecule has 0 atom stereocenters. The van der Waals surface area contributed by atoms with Gasteiger partial charge < -0.3 is 13.7 Å². The number of hydrogen-bond donors (Lipinski definition) is 0. The van der Waals surface area contributed by atoms with E-state index in [1.807, 2.05) is 41.8 Å². The Bertz CT molecular complexity index is 770. The minimum atomic E-state index is -0.454. The number of imidazole rings is 1. The Kier molecular flexibility index (Phi) is 3.02. The van der Waals surface area contributed by atoms with Crippen LogP contribution in [0.25, 0.3) is 11.0 Å². The monoisotopic (exact) mass is 270 g/mol. The molecule has 0 unspecified atom stereocenters. The normalized spacial score (nSPS) is 10.9. The Labute approximate surface area is 115 Å². The lowest BCUT2D eigenvalue weighted by Gasteiger charge is -2.01. The third-order valence-electron chi connectivity index (χ3n) is 3.19. The fourth-order valence-corrected chi connectivity index (χ4v) is 2.23. The van der Waals surface area contributed by atoms with Crippen LogP contribution in [0.5, 0.6) is 0 Å². The minimum Gasteiger partial charge on any atom is -0.463 e. The van der Waals surface area contributed by atoms with Gasteiger partial charge in [-0.3, -0.25) is 0 Å². The molecule has 0 aliphatic rings. The predicted octanol–water partition coefficient (Wildman–Crippen LogP) is 2.77. The highest BCUT2D eigenvalue weighted by Gasteiger charge is 2.16. The third kappa shape index (κ3) is 2.07. The number of hydrogen-bond acceptors (Lipinski definition) is 4. The quantitative estimate of drug-likeness (QED) is 0.687. The van der Waals surface area contributed by atoms with Gasteiger partial charge in [0.15, 0.2) is 0 Å². The number of para-hydroxylation sites is 2. The zero-order valence-electron chi connectivity index (χ0n) is 11.3. The molecule has 0 bridgehead atoms. The molecule has 0 amide bonds. The summed E-state index contributed by atoms with van der Waals surface area (Å²) in [6.45, 7) is 2.35. The summed E-state index contributed by atoms with van der Waals surface area (Å²) in [7, 11) is 1.34. The number of carbonyl (C=O) groups is 1. The summed E-state index contributed by atoms with van der Waals surface area (Å²) in [6, 6.07) is 9.72. The molecule has 20 heavy (non-hydrogen) atoms. The van der Waals surface area contributed by atoms with Gasteiger partial charge in [0, 0.05) is 5.56 Å². The largest absolute Gasteiger partial charge is 0.463 e. The van der Waals surface area contributed by atoms with Crippen molar-refractivity contribution in [2.45, 2.75) is 13.5 Å². The number of aromatic nitrogens is 2. The smallest absolute Gasteiger partial charge is 0.374 e. The number of carbonyl (C=O) groups excluding carboxylic acids is 1. The molecule has 1 aromatic carbocycles. The summed E-state index contributed by atoms with van der Waals surface area (Å²) >= 11 is 0. The van der Waals surface area contributed by atoms with Crippen molar-refractivity contribution >= 4 is 17.0 Å². The Hall–Kier alpha value is -2.56. The lowest BCUT2D eigenvalue weighted by molar-refractivity contribution is 0.0562. The van der Waals surface area contributed by atoms with Crippen LogP contribution in [0.15, 0.2) is 41.1 Å². The third-order valence-corrected chi connectivity index (χ3v) is 3.19. The second-order valence-electron chi connectivity index (χ2n) is 4.58. The predicted molar refractivity (Wildman–Crippen MR) is 73.6 cm³/mol. The van der Waals surface area contributed by atoms with Gasteiger partial charge in [0.05, 0.1) is 31.0 Å². The maximum Gasteiger partial charge on any atom is 0.374 e. The van der Waals surface area contributed by atoms with Crippen LogP contribution >= 0.6 is 0 Å². The van der Waals surface area contributed by atoms with Gasteiger partial charge in [0.2, 0.25) is 5.76 Å². The topological polar surface area (TPSA) is 57.3 Å². The van der Waals surface area contributed by atoms with Crippen LogP contribution in [-0.2, 0) is 11.3 Å². The Morgan fingerprint density at radius 1 is 1.40 bits per heavy atom. The molecule has 0 radical (unpaired) electrons. The average Bonchev–Trinajstić information content (AvgIpc) is 3.03. The Morgan fingerprint density at radius 2 is 2.20 bits per heavy atom. The fourth-order valence-electron chi connectivity index (χ4n) is 2.23. The number of aryl methyl sites for hydroxylation is 1. The molecular weight excluding hydrogens is 256 g/mol. The van der Waals surface area contributed by atoms with Crippen molar-refractivity contribution in [3.63, 3.8) is 0 Å². The van der Waals surface area contributed by atoms with Crippen molar-refractivity contribution in [1.82, 2.24) is 9.55 Å². The molecule has 2 heterocycles. The van der Waals surface area contributed by atoms with Gasteiger partial charge in [-0.2, -0.15) is 0 Å². The zero-order valence-corrected chi connectivity index (χ0v) is 11.3. The van der Waals surface area contributed by atoms with Gasteiger partial charge in [0.25, 0.3) is 0 Å². The summed E-state index contributed by atoms with van der Waals surface area (Å²) in [5.74, 6) is 0.502. The first kappa shape index (κ1) is 12.5. The molecule has 0 saturated carbocycles. The second-order valence-corrected chi connectivity index (χ2v) is 4.58. The number of benzene rings is 1. The highest BCUT2D eigenvalue weighted by Crippen LogP contribution is 2.19. The van der Waals surface area contributed by atoms with E-state index < -0.39 is 5.97 Å². The summed E-state index contributed by atoms with van der Waals surface area (Å²) in [4.78, 5) is 15.9. The number of furan rings is 1. The standard InChI is InChI=1S/C15H14N2O3/c1-10-7-11(20-14(10)15(18)19-2)8-17-9-16-12-5-3-4-6-13(12)17/h3-7,9H,8H2,1-2H3. The van der Waals surface area contributed by atoms with Crippen LogP contribution in [0.1, 0.15) is 21.9 Å². The molecule has 0 N–H and O–H groups in total. The van der Waals surface area contributed by atoms with Crippen LogP contribution in [0, 0.1) is 6.92 Å². The fraction of sp³-hybridized carbons (Fsp3) is 0.200. The Morgan fingerprint density at radius 3 is 3.00 bits per heavy atom. The van der Waals surface area contributed by atoms with Crippen LogP contribution < -0.4 is 0 Å². The van der Waals surface area contributed by atoms with Gasteiger partial charge in [-0.05, 0) is 25.1 Å². The summed E-state index contributed by atoms with van der Waals surface area (Å²) in [5, 5.41) is 0. The van der Waals surface area contributed by atoms with Crippen molar-refractivity contribution in [3.05, 3.63) is 53.7 Å². The van der Waals surface area contributed by atoms with E-state index >= 15 is 0 Å². The minimum absolute atomic E-state index is 0.256. The highest BCUT2D eigenvalue weighted by molar-refractivity contribution is 5.87. The van der Waals surface area contributed by atoms with E-state index in [4.69, 9.17) is 4.42 Å². The van der Waals surface area contributed by atoms with Crippen molar-refractivity contribution in [2.75, 3.05) is 7.11 Å². The zero-order chi connectivity index (χ0) is 14.1. The van der Waals surface area contributed by atoms with E-state index in [1.165, 1.54) is 7.11 Å². The van der Waals surface area contributed by atoms with E-state index in [1.54, 1.807) is 6.33 Å². The van der Waals surface area contributed by atoms with E-state index in [0.29, 0.717) is 12.3 Å². The van der Waals surface area contributed by atoms with Crippen LogP contribution in [0.3, 0.4) is 0 Å². The first-order valence-electron chi connectivity index (χ1n) is 6.26. The van der Waals surface area contributed by atoms with Crippen LogP contribution in [0.4, 0.5) is 0 Å². The number of ether oxygens (including phenoxy) is 1. The molecular formula is C15H14N2O3. The van der Waals surface area contributed by atoms with E-state index in [0.717, 1.165) is 16.6 Å². The van der Waals surface area contributed by atoms with Crippen LogP contribution in [-0.4, -0.2) is 22.6 Å². The summed E-state index contributed by atoms with van der Waals surface area (Å²) in [6.07, 6.45) is 1.76. The molecule has 2 aromatic heterocycles. The van der Waals surface area contributed by atoms with Gasteiger partial charge in [0.1, 0.15) is 5.76 Å². The molecule has 3 aromatic rings. The number of fused-ring (bicyclic) bond motifs is 1. The van der Waals surface area contributed by atoms with E-state index in [2.05, 4.69) is 9.72 Å². The summed E-state index contributed by atoms with van der Waals surface area (Å²) < 4.78 is 12.2. The molecule has 5 heteroatoms. The van der Waals surface area contributed by atoms with E-state index in [-0.39, 0.29) is 5.76 Å². The van der Waals surface area contributed by atoms with Gasteiger partial charge in [-0.15, -0.1) is 0 Å². The lowest BCUT2D eigenvalue weighted by atomic mass is 10.2. The molecule has 102 valence electrons. The first-order chi connectivity index (χ1) is 9.69. The maximum atomic E-state index is 11.5. The van der Waals surface area contributed by atoms with Crippen molar-refractivity contribution < 1.29 is 13.9 Å². The first-order valence-corrected chi connectivity index (χ1v) is 6.26.